The third-order valence-corrected chi connectivity index (χ3v) is 7.65. The maximum Gasteiger partial charge on any atom is 0.439 e. The van der Waals surface area contributed by atoms with Crippen molar-refractivity contribution in [3.05, 3.63) is 76.5 Å². The average molecular weight is 514 g/mol. The lowest BCUT2D eigenvalue weighted by atomic mass is 9.83. The minimum Gasteiger partial charge on any atom is -0.337 e. The van der Waals surface area contributed by atoms with Crippen molar-refractivity contribution >= 4 is 25.7 Å². The molecule has 1 aliphatic carbocycles. The van der Waals surface area contributed by atoms with Crippen LogP contribution in [0.2, 0.25) is 0 Å². The van der Waals surface area contributed by atoms with Crippen LogP contribution in [0.4, 0.5) is 24.7 Å². The molecule has 1 saturated carbocycles. The van der Waals surface area contributed by atoms with Crippen LogP contribution in [0.5, 0.6) is 0 Å². The molecule has 2 N–H and O–H groups in total. The highest BCUT2D eigenvalue weighted by Gasteiger charge is 2.32. The smallest absolute Gasteiger partial charge is 0.337 e. The molecule has 8 nitrogen and oxygen atoms in total. The fraction of sp³-hybridized carbons (Fsp3) is 0.292. The third kappa shape index (κ3) is 5.79. The van der Waals surface area contributed by atoms with Crippen LogP contribution in [-0.2, 0) is 6.18 Å². The molecule has 5 rings (SSSR count). The predicted molar refractivity (Wildman–Crippen MR) is 130 cm³/mol. The van der Waals surface area contributed by atoms with E-state index in [-0.39, 0.29) is 0 Å². The molecule has 1 atom stereocenters. The summed E-state index contributed by atoms with van der Waals surface area (Å²) in [5, 5.41) is 15.1. The van der Waals surface area contributed by atoms with Crippen molar-refractivity contribution in [1.29, 1.82) is 0 Å². The van der Waals surface area contributed by atoms with Gasteiger partial charge >= 0.3 is 11.9 Å². The van der Waals surface area contributed by atoms with Crippen LogP contribution in [0.1, 0.15) is 42.9 Å². The molecular weight excluding hydrogens is 492 g/mol. The topological polar surface area (TPSA) is 110 Å². The van der Waals surface area contributed by atoms with E-state index in [9.17, 15) is 18.0 Å². The molecule has 36 heavy (non-hydrogen) atoms. The summed E-state index contributed by atoms with van der Waals surface area (Å²) < 4.78 is 42.5. The fourth-order valence-corrected chi connectivity index (χ4v) is 5.60. The van der Waals surface area contributed by atoms with Gasteiger partial charge in [0.2, 0.25) is 0 Å². The second kappa shape index (κ2) is 10.2. The zero-order valence-electron chi connectivity index (χ0n) is 18.9. The van der Waals surface area contributed by atoms with Crippen LogP contribution in [-0.4, -0.2) is 31.0 Å². The molecule has 1 aromatic carbocycles. The zero-order chi connectivity index (χ0) is 25.1. The van der Waals surface area contributed by atoms with Gasteiger partial charge in [0.15, 0.2) is 11.4 Å². The van der Waals surface area contributed by atoms with E-state index >= 15 is 0 Å². The van der Waals surface area contributed by atoms with Crippen molar-refractivity contribution < 1.29 is 17.7 Å². The van der Waals surface area contributed by atoms with Gasteiger partial charge in [0.25, 0.3) is 0 Å². The molecule has 12 heteroatoms. The van der Waals surface area contributed by atoms with Gasteiger partial charge in [-0.25, -0.2) is 9.78 Å². The number of aromatic nitrogens is 5. The molecule has 1 aliphatic rings. The lowest BCUT2D eigenvalue weighted by molar-refractivity contribution is -0.141. The average Bonchev–Trinajstić information content (AvgIpc) is 3.29. The van der Waals surface area contributed by atoms with Crippen LogP contribution in [0, 0.1) is 0 Å². The SMILES string of the molecule is O=c1[nH]c(PC2CCC(c3ccc(-c4ccc(Nc5ccc(C(F)(F)F)nc5)nn4)cc3)CC2)no1. The summed E-state index contributed by atoms with van der Waals surface area (Å²) >= 11 is 0. The van der Waals surface area contributed by atoms with Crippen molar-refractivity contribution in [3.63, 3.8) is 0 Å². The van der Waals surface area contributed by atoms with Crippen molar-refractivity contribution in [2.45, 2.75) is 43.4 Å². The Kier molecular flexibility index (Phi) is 6.82. The number of aromatic amines is 1. The van der Waals surface area contributed by atoms with Gasteiger partial charge in [-0.15, -0.1) is 10.2 Å². The number of benzene rings is 1. The first-order valence-corrected chi connectivity index (χ1v) is 12.5. The van der Waals surface area contributed by atoms with E-state index in [1.54, 1.807) is 6.07 Å². The van der Waals surface area contributed by atoms with Gasteiger partial charge in [-0.3, -0.25) is 9.51 Å². The van der Waals surface area contributed by atoms with Gasteiger partial charge < -0.3 is 5.32 Å². The number of H-pyrrole nitrogens is 1. The van der Waals surface area contributed by atoms with E-state index in [4.69, 9.17) is 0 Å². The van der Waals surface area contributed by atoms with E-state index in [1.165, 1.54) is 11.6 Å². The van der Waals surface area contributed by atoms with Crippen LogP contribution in [0.3, 0.4) is 0 Å². The number of rotatable bonds is 6. The molecule has 3 heterocycles. The van der Waals surface area contributed by atoms with Crippen molar-refractivity contribution in [3.8, 4) is 11.3 Å². The Morgan fingerprint density at radius 2 is 1.75 bits per heavy atom. The van der Waals surface area contributed by atoms with Crippen molar-refractivity contribution in [2.75, 3.05) is 5.32 Å². The van der Waals surface area contributed by atoms with Crippen LogP contribution < -0.4 is 16.6 Å². The molecule has 4 aromatic rings. The van der Waals surface area contributed by atoms with Gasteiger partial charge in [0.1, 0.15) is 5.69 Å². The molecule has 1 fully saturated rings. The number of nitrogens with one attached hydrogen (secondary N) is 2. The number of hydrogen-bond donors (Lipinski definition) is 2. The summed E-state index contributed by atoms with van der Waals surface area (Å²) in [4.78, 5) is 17.2. The Bertz CT molecular complexity index is 1350. The molecule has 1 unspecified atom stereocenters. The van der Waals surface area contributed by atoms with Gasteiger partial charge in [-0.05, 0) is 75.7 Å². The van der Waals surface area contributed by atoms with E-state index in [0.29, 0.717) is 42.9 Å². The van der Waals surface area contributed by atoms with Gasteiger partial charge in [-0.2, -0.15) is 13.2 Å². The largest absolute Gasteiger partial charge is 0.439 e. The minimum atomic E-state index is -4.48. The maximum atomic E-state index is 12.7. The number of nitrogens with zero attached hydrogens (tertiary/aromatic N) is 4. The molecule has 0 bridgehead atoms. The first kappa shape index (κ1) is 24.1. The standard InChI is InChI=1S/C24H22F3N6O2P/c25-24(26,27)20-11-7-17(13-28-20)29-21-12-10-19(31-32-21)16-3-1-14(2-4-16)15-5-8-18(9-6-15)36-22-30-23(34)35-33-22/h1-4,7,10-13,15,18,36H,5-6,8-9H2,(H,29,32)(H,30,33,34). The highest BCUT2D eigenvalue weighted by atomic mass is 31.1. The molecular formula is C24H22F3N6O2P. The maximum absolute atomic E-state index is 12.7. The Morgan fingerprint density at radius 3 is 2.33 bits per heavy atom. The summed E-state index contributed by atoms with van der Waals surface area (Å²) in [7, 11) is 0.458. The van der Waals surface area contributed by atoms with Gasteiger partial charge in [0.05, 0.1) is 17.6 Å². The summed E-state index contributed by atoms with van der Waals surface area (Å²) in [5.41, 5.74) is 3.52. The third-order valence-electron chi connectivity index (χ3n) is 6.18. The number of hydrogen-bond acceptors (Lipinski definition) is 7. The fourth-order valence-electron chi connectivity index (χ4n) is 4.32. The summed E-state index contributed by atoms with van der Waals surface area (Å²) in [5.74, 6) is 0.397. The molecule has 0 saturated heterocycles. The highest BCUT2D eigenvalue weighted by Crippen LogP contribution is 2.39. The Hall–Kier alpha value is -3.59. The summed E-state index contributed by atoms with van der Waals surface area (Å²) in [6, 6.07) is 14.0. The second-order valence-electron chi connectivity index (χ2n) is 8.62. The Morgan fingerprint density at radius 1 is 0.972 bits per heavy atom. The summed E-state index contributed by atoms with van der Waals surface area (Å²) in [6.45, 7) is 0. The van der Waals surface area contributed by atoms with Crippen molar-refractivity contribution in [2.24, 2.45) is 0 Å². The lowest BCUT2D eigenvalue weighted by Gasteiger charge is -2.28. The number of anilines is 2. The Labute approximate surface area is 205 Å². The normalized spacial score (nSPS) is 18.5. The van der Waals surface area contributed by atoms with E-state index in [1.807, 2.05) is 18.2 Å². The molecule has 0 aliphatic heterocycles. The highest BCUT2D eigenvalue weighted by molar-refractivity contribution is 7.47. The first-order chi connectivity index (χ1) is 17.3. The molecule has 3 aromatic heterocycles. The summed E-state index contributed by atoms with van der Waals surface area (Å²) in [6.07, 6.45) is 0.953. The number of halogens is 3. The van der Waals surface area contributed by atoms with Gasteiger partial charge in [0, 0.05) is 5.56 Å². The van der Waals surface area contributed by atoms with E-state index in [2.05, 4.69) is 47.3 Å². The quantitative estimate of drug-likeness (QED) is 0.348. The minimum absolute atomic E-state index is 0.388. The van der Waals surface area contributed by atoms with Gasteiger partial charge in [-0.1, -0.05) is 29.4 Å². The van der Waals surface area contributed by atoms with Crippen LogP contribution in [0.25, 0.3) is 11.3 Å². The predicted octanol–water partition coefficient (Wildman–Crippen LogP) is 5.01. The number of alkyl halides is 3. The Balaban J connectivity index is 1.16. The van der Waals surface area contributed by atoms with E-state index in [0.717, 1.165) is 43.5 Å². The van der Waals surface area contributed by atoms with Crippen LogP contribution >= 0.6 is 8.58 Å². The molecule has 0 radical (unpaired) electrons. The van der Waals surface area contributed by atoms with E-state index < -0.39 is 17.6 Å². The lowest BCUT2D eigenvalue weighted by Crippen LogP contribution is -2.18. The number of pyridine rings is 1. The molecule has 186 valence electrons. The molecule has 0 amide bonds. The molecule has 0 spiro atoms. The monoisotopic (exact) mass is 514 g/mol. The second-order valence-corrected chi connectivity index (χ2v) is 10.2. The zero-order valence-corrected chi connectivity index (χ0v) is 19.9. The first-order valence-electron chi connectivity index (χ1n) is 11.4. The van der Waals surface area contributed by atoms with Crippen LogP contribution in [0.15, 0.2) is 64.0 Å². The van der Waals surface area contributed by atoms with Crippen molar-refractivity contribution in [1.82, 2.24) is 25.3 Å².